The number of unbranched alkanes of at least 4 members (excludes halogenated alkanes) is 5. The lowest BCUT2D eigenvalue weighted by Gasteiger charge is -2.00. The Bertz CT molecular complexity index is 616. The van der Waals surface area contributed by atoms with Gasteiger partial charge < -0.3 is 0 Å². The maximum absolute atomic E-state index is 12.2. The van der Waals surface area contributed by atoms with Crippen molar-refractivity contribution in [3.63, 3.8) is 0 Å². The number of allylic oxidation sites excluding steroid dienone is 2. The number of hydrogen-bond donors (Lipinski definition) is 0. The Balaban J connectivity index is 1.69. The fourth-order valence-electron chi connectivity index (χ4n) is 2.45. The van der Waals surface area contributed by atoms with Gasteiger partial charge in [0, 0.05) is 6.42 Å². The van der Waals surface area contributed by atoms with Gasteiger partial charge in [0.1, 0.15) is 5.52 Å². The predicted molar refractivity (Wildman–Crippen MR) is 89.9 cm³/mol. The molecule has 0 aliphatic carbocycles. The molecule has 0 bridgehead atoms. The summed E-state index contributed by atoms with van der Waals surface area (Å²) >= 11 is 0. The smallest absolute Gasteiger partial charge is 0.248 e. The molecule has 1 heterocycles. The van der Waals surface area contributed by atoms with Crippen molar-refractivity contribution in [3.05, 3.63) is 36.4 Å². The molecule has 0 unspecified atom stereocenters. The molecule has 2 aromatic rings. The number of carbonyl (C=O) groups is 1. The Labute approximate surface area is 132 Å². The first-order chi connectivity index (χ1) is 10.8. The van der Waals surface area contributed by atoms with Gasteiger partial charge >= 0.3 is 0 Å². The summed E-state index contributed by atoms with van der Waals surface area (Å²) in [5.41, 5.74) is 1.56. The normalized spacial score (nSPS) is 11.5. The Hall–Kier alpha value is -1.97. The van der Waals surface area contributed by atoms with Gasteiger partial charge in [0.05, 0.1) is 5.52 Å². The van der Waals surface area contributed by atoms with Crippen LogP contribution in [0.25, 0.3) is 11.0 Å². The fraction of sp³-hybridized carbons (Fsp3) is 0.500. The number of fused-ring (bicyclic) bond motifs is 1. The van der Waals surface area contributed by atoms with Crippen molar-refractivity contribution in [2.24, 2.45) is 0 Å². The Kier molecular flexibility index (Phi) is 6.81. The van der Waals surface area contributed by atoms with Gasteiger partial charge in [0.25, 0.3) is 0 Å². The summed E-state index contributed by atoms with van der Waals surface area (Å²) in [6.45, 7) is 2.23. The number of rotatable bonds is 9. The number of aromatic nitrogens is 3. The summed E-state index contributed by atoms with van der Waals surface area (Å²) in [6.07, 6.45) is 13.1. The van der Waals surface area contributed by atoms with Crippen molar-refractivity contribution in [2.45, 2.75) is 58.3 Å². The van der Waals surface area contributed by atoms with Gasteiger partial charge in [-0.15, -0.1) is 5.10 Å². The third-order valence-electron chi connectivity index (χ3n) is 3.74. The molecular weight excluding hydrogens is 274 g/mol. The van der Waals surface area contributed by atoms with Gasteiger partial charge in [-0.1, -0.05) is 55.7 Å². The molecule has 2 rings (SSSR count). The average molecular weight is 299 g/mol. The first-order valence-corrected chi connectivity index (χ1v) is 8.31. The van der Waals surface area contributed by atoms with Crippen LogP contribution in [0.5, 0.6) is 0 Å². The average Bonchev–Trinajstić information content (AvgIpc) is 2.97. The van der Waals surface area contributed by atoms with Gasteiger partial charge in [-0.05, 0) is 37.8 Å². The summed E-state index contributed by atoms with van der Waals surface area (Å²) in [5, 5.41) is 7.96. The standard InChI is InChI=1S/C18H25N3O/c1-2-3-4-5-6-7-8-9-10-15-18(22)21-17-14-12-11-13-16(17)19-20-21/h7-8,11-14H,2-6,9-10,15H2,1H3/b8-7+. The topological polar surface area (TPSA) is 47.8 Å². The van der Waals surface area contributed by atoms with Gasteiger partial charge in [-0.3, -0.25) is 4.79 Å². The molecule has 118 valence electrons. The van der Waals surface area contributed by atoms with E-state index in [1.165, 1.54) is 30.4 Å². The lowest BCUT2D eigenvalue weighted by molar-refractivity contribution is 0.0887. The molecule has 0 fully saturated rings. The quantitative estimate of drug-likeness (QED) is 0.495. The van der Waals surface area contributed by atoms with E-state index < -0.39 is 0 Å². The molecule has 4 nitrogen and oxygen atoms in total. The van der Waals surface area contributed by atoms with Crippen molar-refractivity contribution in [1.29, 1.82) is 0 Å². The van der Waals surface area contributed by atoms with Crippen molar-refractivity contribution < 1.29 is 4.79 Å². The molecule has 0 atom stereocenters. The van der Waals surface area contributed by atoms with Crippen LogP contribution in [0, 0.1) is 0 Å². The van der Waals surface area contributed by atoms with E-state index in [4.69, 9.17) is 0 Å². The highest BCUT2D eigenvalue weighted by atomic mass is 16.2. The van der Waals surface area contributed by atoms with E-state index >= 15 is 0 Å². The highest BCUT2D eigenvalue weighted by Crippen LogP contribution is 2.11. The van der Waals surface area contributed by atoms with Crippen LogP contribution in [0.1, 0.15) is 63.1 Å². The van der Waals surface area contributed by atoms with Crippen molar-refractivity contribution >= 4 is 16.9 Å². The zero-order valence-electron chi connectivity index (χ0n) is 13.4. The van der Waals surface area contributed by atoms with E-state index in [0.717, 1.165) is 30.3 Å². The molecule has 1 aromatic heterocycles. The second kappa shape index (κ2) is 9.13. The number of hydrogen-bond acceptors (Lipinski definition) is 3. The zero-order valence-corrected chi connectivity index (χ0v) is 13.4. The molecule has 4 heteroatoms. The maximum Gasteiger partial charge on any atom is 0.248 e. The summed E-state index contributed by atoms with van der Waals surface area (Å²) in [5.74, 6) is 0.0186. The highest BCUT2D eigenvalue weighted by Gasteiger charge is 2.10. The van der Waals surface area contributed by atoms with E-state index in [1.807, 2.05) is 24.3 Å². The minimum Gasteiger partial charge on any atom is -0.273 e. The minimum absolute atomic E-state index is 0.0186. The molecule has 0 saturated carbocycles. The molecular formula is C18H25N3O. The molecule has 0 aliphatic heterocycles. The van der Waals surface area contributed by atoms with Crippen molar-refractivity contribution in [1.82, 2.24) is 15.0 Å². The second-order valence-corrected chi connectivity index (χ2v) is 5.60. The molecule has 0 spiro atoms. The lowest BCUT2D eigenvalue weighted by Crippen LogP contribution is -2.11. The van der Waals surface area contributed by atoms with E-state index in [-0.39, 0.29) is 5.91 Å². The van der Waals surface area contributed by atoms with Gasteiger partial charge in [0.15, 0.2) is 0 Å². The zero-order chi connectivity index (χ0) is 15.6. The van der Waals surface area contributed by atoms with Crippen LogP contribution in [-0.2, 0) is 0 Å². The summed E-state index contributed by atoms with van der Waals surface area (Å²) in [6, 6.07) is 7.55. The van der Waals surface area contributed by atoms with E-state index in [9.17, 15) is 4.79 Å². The lowest BCUT2D eigenvalue weighted by atomic mass is 10.1. The first kappa shape index (κ1) is 16.4. The fourth-order valence-corrected chi connectivity index (χ4v) is 2.45. The monoisotopic (exact) mass is 299 g/mol. The summed E-state index contributed by atoms with van der Waals surface area (Å²) in [4.78, 5) is 12.2. The van der Waals surface area contributed by atoms with Crippen LogP contribution in [0.15, 0.2) is 36.4 Å². The Morgan fingerprint density at radius 2 is 1.86 bits per heavy atom. The highest BCUT2D eigenvalue weighted by molar-refractivity contribution is 5.88. The Morgan fingerprint density at radius 1 is 1.09 bits per heavy atom. The van der Waals surface area contributed by atoms with Crippen LogP contribution >= 0.6 is 0 Å². The molecule has 0 amide bonds. The number of carbonyl (C=O) groups excluding carboxylic acids is 1. The molecule has 0 saturated heterocycles. The summed E-state index contributed by atoms with van der Waals surface area (Å²) < 4.78 is 1.42. The van der Waals surface area contributed by atoms with Gasteiger partial charge in [-0.25, -0.2) is 0 Å². The molecule has 0 radical (unpaired) electrons. The predicted octanol–water partition coefficient (Wildman–Crippen LogP) is 4.77. The second-order valence-electron chi connectivity index (χ2n) is 5.60. The number of para-hydroxylation sites is 1. The molecule has 0 aliphatic rings. The Morgan fingerprint density at radius 3 is 2.68 bits per heavy atom. The van der Waals surface area contributed by atoms with Gasteiger partial charge in [0.2, 0.25) is 5.91 Å². The number of nitrogens with zero attached hydrogens (tertiary/aromatic N) is 3. The van der Waals surface area contributed by atoms with E-state index in [1.54, 1.807) is 0 Å². The molecule has 0 N–H and O–H groups in total. The third-order valence-corrected chi connectivity index (χ3v) is 3.74. The van der Waals surface area contributed by atoms with E-state index in [2.05, 4.69) is 29.4 Å². The van der Waals surface area contributed by atoms with Crippen LogP contribution < -0.4 is 0 Å². The largest absolute Gasteiger partial charge is 0.273 e. The van der Waals surface area contributed by atoms with E-state index in [0.29, 0.717) is 6.42 Å². The first-order valence-electron chi connectivity index (χ1n) is 8.31. The SMILES string of the molecule is CCCCCC/C=C/CCCC(=O)n1nnc2ccccc21. The van der Waals surface area contributed by atoms with Crippen LogP contribution in [-0.4, -0.2) is 20.9 Å². The molecule has 22 heavy (non-hydrogen) atoms. The van der Waals surface area contributed by atoms with Crippen LogP contribution in [0.2, 0.25) is 0 Å². The summed E-state index contributed by atoms with van der Waals surface area (Å²) in [7, 11) is 0. The number of benzene rings is 1. The van der Waals surface area contributed by atoms with Crippen LogP contribution in [0.4, 0.5) is 0 Å². The van der Waals surface area contributed by atoms with Crippen LogP contribution in [0.3, 0.4) is 0 Å². The van der Waals surface area contributed by atoms with Gasteiger partial charge in [-0.2, -0.15) is 4.68 Å². The third kappa shape index (κ3) is 4.79. The van der Waals surface area contributed by atoms with Crippen molar-refractivity contribution in [3.8, 4) is 0 Å². The van der Waals surface area contributed by atoms with Crippen molar-refractivity contribution in [2.75, 3.05) is 0 Å². The molecule has 1 aromatic carbocycles. The maximum atomic E-state index is 12.2. The minimum atomic E-state index is 0.0186.